The summed E-state index contributed by atoms with van der Waals surface area (Å²) in [6, 6.07) is 0. The molecule has 0 aliphatic heterocycles. The highest BCUT2D eigenvalue weighted by molar-refractivity contribution is 5.69. The minimum Gasteiger partial charge on any atom is -0.447 e. The van der Waals surface area contributed by atoms with Crippen molar-refractivity contribution in [2.24, 2.45) is 0 Å². The summed E-state index contributed by atoms with van der Waals surface area (Å²) in [6.45, 7) is 7.33. The molecule has 0 aliphatic carbocycles. The summed E-state index contributed by atoms with van der Waals surface area (Å²) in [7, 11) is 0. The standard InChI is InChI=1S/C10H19NO5/c1-5-6-7-14-8(12)11-16-9(13)15-10(2,3)4/h5-7H2,1-4H3,(H,11,12). The number of amides is 1. The highest BCUT2D eigenvalue weighted by atomic mass is 16.8. The van der Waals surface area contributed by atoms with Gasteiger partial charge in [0.15, 0.2) is 0 Å². The van der Waals surface area contributed by atoms with Crippen LogP contribution >= 0.6 is 0 Å². The van der Waals surface area contributed by atoms with Crippen molar-refractivity contribution in [3.63, 3.8) is 0 Å². The average Bonchev–Trinajstić information content (AvgIpc) is 2.12. The van der Waals surface area contributed by atoms with Crippen LogP contribution < -0.4 is 5.48 Å². The Balaban J connectivity index is 3.63. The molecule has 94 valence electrons. The van der Waals surface area contributed by atoms with Crippen molar-refractivity contribution in [3.05, 3.63) is 0 Å². The van der Waals surface area contributed by atoms with Crippen molar-refractivity contribution >= 4 is 12.2 Å². The number of nitrogens with one attached hydrogen (secondary N) is 1. The molecule has 0 aromatic carbocycles. The quantitative estimate of drug-likeness (QED) is 0.460. The van der Waals surface area contributed by atoms with Crippen LogP contribution in [-0.4, -0.2) is 24.5 Å². The molecule has 6 heteroatoms. The molecule has 0 saturated carbocycles. The van der Waals surface area contributed by atoms with E-state index in [2.05, 4.69) is 9.57 Å². The molecular formula is C10H19NO5. The lowest BCUT2D eigenvalue weighted by molar-refractivity contribution is -0.0314. The van der Waals surface area contributed by atoms with Crippen molar-refractivity contribution in [1.29, 1.82) is 0 Å². The lowest BCUT2D eigenvalue weighted by Gasteiger charge is -2.18. The van der Waals surface area contributed by atoms with E-state index in [1.165, 1.54) is 0 Å². The van der Waals surface area contributed by atoms with Crippen LogP contribution in [0.1, 0.15) is 40.5 Å². The van der Waals surface area contributed by atoms with Crippen LogP contribution in [0.3, 0.4) is 0 Å². The Kier molecular flexibility index (Phi) is 6.29. The third-order valence-electron chi connectivity index (χ3n) is 1.34. The first-order chi connectivity index (χ1) is 7.35. The van der Waals surface area contributed by atoms with E-state index >= 15 is 0 Å². The molecule has 16 heavy (non-hydrogen) atoms. The van der Waals surface area contributed by atoms with E-state index in [4.69, 9.17) is 4.74 Å². The number of carbonyl (C=O) groups is 2. The van der Waals surface area contributed by atoms with E-state index in [0.717, 1.165) is 12.8 Å². The van der Waals surface area contributed by atoms with E-state index in [1.54, 1.807) is 20.8 Å². The molecule has 0 aliphatic rings. The van der Waals surface area contributed by atoms with Crippen LogP contribution in [0.2, 0.25) is 0 Å². The van der Waals surface area contributed by atoms with Crippen LogP contribution in [0, 0.1) is 0 Å². The first kappa shape index (κ1) is 14.5. The van der Waals surface area contributed by atoms with Crippen molar-refractivity contribution in [1.82, 2.24) is 5.48 Å². The summed E-state index contributed by atoms with van der Waals surface area (Å²) >= 11 is 0. The molecule has 1 amide bonds. The maximum absolute atomic E-state index is 11.0. The Morgan fingerprint density at radius 2 is 1.88 bits per heavy atom. The van der Waals surface area contributed by atoms with Crippen LogP contribution in [0.25, 0.3) is 0 Å². The van der Waals surface area contributed by atoms with Crippen LogP contribution in [0.5, 0.6) is 0 Å². The summed E-state index contributed by atoms with van der Waals surface area (Å²) < 4.78 is 9.46. The van der Waals surface area contributed by atoms with E-state index in [-0.39, 0.29) is 0 Å². The largest absolute Gasteiger partial charge is 0.533 e. The molecule has 0 aromatic heterocycles. The van der Waals surface area contributed by atoms with Gasteiger partial charge < -0.3 is 14.3 Å². The molecule has 0 saturated heterocycles. The van der Waals surface area contributed by atoms with E-state index in [1.807, 2.05) is 12.4 Å². The third kappa shape index (κ3) is 9.11. The summed E-state index contributed by atoms with van der Waals surface area (Å²) in [4.78, 5) is 26.2. The lowest BCUT2D eigenvalue weighted by Crippen LogP contribution is -2.32. The normalized spacial score (nSPS) is 10.5. The predicted octanol–water partition coefficient (Wildman–Crippen LogP) is 2.38. The van der Waals surface area contributed by atoms with Gasteiger partial charge in [0.1, 0.15) is 5.60 Å². The number of rotatable bonds is 3. The zero-order chi connectivity index (χ0) is 12.6. The predicted molar refractivity (Wildman–Crippen MR) is 56.7 cm³/mol. The van der Waals surface area contributed by atoms with Crippen molar-refractivity contribution < 1.29 is 23.9 Å². The highest BCUT2D eigenvalue weighted by Gasteiger charge is 2.18. The average molecular weight is 233 g/mol. The monoisotopic (exact) mass is 233 g/mol. The Morgan fingerprint density at radius 3 is 2.38 bits per heavy atom. The molecule has 0 radical (unpaired) electrons. The molecule has 1 N–H and O–H groups in total. The van der Waals surface area contributed by atoms with Gasteiger partial charge in [0.2, 0.25) is 0 Å². The molecule has 0 heterocycles. The van der Waals surface area contributed by atoms with E-state index < -0.39 is 17.8 Å². The van der Waals surface area contributed by atoms with Gasteiger partial charge >= 0.3 is 12.2 Å². The van der Waals surface area contributed by atoms with Crippen molar-refractivity contribution in [2.45, 2.75) is 46.1 Å². The second-order valence-electron chi connectivity index (χ2n) is 4.16. The van der Waals surface area contributed by atoms with E-state index in [0.29, 0.717) is 6.61 Å². The van der Waals surface area contributed by atoms with Gasteiger partial charge in [0.05, 0.1) is 6.61 Å². The first-order valence-corrected chi connectivity index (χ1v) is 5.17. The number of hydrogen-bond donors (Lipinski definition) is 1. The number of unbranched alkanes of at least 4 members (excludes halogenated alkanes) is 1. The Hall–Kier alpha value is -1.46. The van der Waals surface area contributed by atoms with Gasteiger partial charge in [-0.3, -0.25) is 0 Å². The molecule has 0 unspecified atom stereocenters. The Bertz CT molecular complexity index is 234. The molecule has 0 fully saturated rings. The van der Waals surface area contributed by atoms with Gasteiger partial charge in [-0.25, -0.2) is 9.59 Å². The fourth-order valence-corrected chi connectivity index (χ4v) is 0.693. The smallest absolute Gasteiger partial charge is 0.447 e. The molecule has 0 rings (SSSR count). The third-order valence-corrected chi connectivity index (χ3v) is 1.34. The number of carbonyl (C=O) groups excluding carboxylic acids is 2. The van der Waals surface area contributed by atoms with Crippen molar-refractivity contribution in [3.8, 4) is 0 Å². The lowest BCUT2D eigenvalue weighted by atomic mass is 10.2. The minimum atomic E-state index is -0.972. The van der Waals surface area contributed by atoms with Crippen molar-refractivity contribution in [2.75, 3.05) is 6.61 Å². The van der Waals surface area contributed by atoms with Gasteiger partial charge in [0.25, 0.3) is 0 Å². The van der Waals surface area contributed by atoms with Crippen LogP contribution in [0.4, 0.5) is 9.59 Å². The zero-order valence-corrected chi connectivity index (χ0v) is 10.2. The fourth-order valence-electron chi connectivity index (χ4n) is 0.693. The van der Waals surface area contributed by atoms with Gasteiger partial charge in [-0.2, -0.15) is 0 Å². The van der Waals surface area contributed by atoms with Gasteiger partial charge in [-0.05, 0) is 27.2 Å². The summed E-state index contributed by atoms with van der Waals surface area (Å²) in [5.74, 6) is 0. The number of hydroxylamine groups is 1. The van der Waals surface area contributed by atoms with Gasteiger partial charge in [-0.1, -0.05) is 13.3 Å². The topological polar surface area (TPSA) is 73.9 Å². The maximum atomic E-state index is 11.0. The summed E-state index contributed by atoms with van der Waals surface area (Å²) in [5.41, 5.74) is 1.17. The van der Waals surface area contributed by atoms with Gasteiger partial charge in [-0.15, -0.1) is 5.48 Å². The zero-order valence-electron chi connectivity index (χ0n) is 10.2. The molecule has 0 aromatic rings. The fraction of sp³-hybridized carbons (Fsp3) is 0.800. The highest BCUT2D eigenvalue weighted by Crippen LogP contribution is 2.07. The Morgan fingerprint density at radius 1 is 1.25 bits per heavy atom. The molecular weight excluding hydrogens is 214 g/mol. The SMILES string of the molecule is CCCCOC(=O)NOC(=O)OC(C)(C)C. The van der Waals surface area contributed by atoms with Crippen LogP contribution in [0.15, 0.2) is 0 Å². The molecule has 6 nitrogen and oxygen atoms in total. The van der Waals surface area contributed by atoms with Gasteiger partial charge in [0, 0.05) is 0 Å². The second-order valence-corrected chi connectivity index (χ2v) is 4.16. The molecule has 0 atom stereocenters. The van der Waals surface area contributed by atoms with Crippen LogP contribution in [-0.2, 0) is 14.3 Å². The Labute approximate surface area is 95.2 Å². The minimum absolute atomic E-state index is 0.292. The second kappa shape index (κ2) is 6.92. The first-order valence-electron chi connectivity index (χ1n) is 5.17. The molecule has 0 bridgehead atoms. The summed E-state index contributed by atoms with van der Waals surface area (Å²) in [5, 5.41) is 0. The number of ether oxygens (including phenoxy) is 2. The van der Waals surface area contributed by atoms with E-state index in [9.17, 15) is 9.59 Å². The summed E-state index contributed by atoms with van der Waals surface area (Å²) in [6.07, 6.45) is -0.0979. The maximum Gasteiger partial charge on any atom is 0.533 e. The number of hydrogen-bond acceptors (Lipinski definition) is 5. The molecule has 0 spiro atoms.